The number of hydrogen-bond donors (Lipinski definition) is 1. The van der Waals surface area contributed by atoms with E-state index in [9.17, 15) is 9.18 Å². The Morgan fingerprint density at radius 2 is 1.52 bits per heavy atom. The number of nitrogens with one attached hydrogen (secondary N) is 1. The summed E-state index contributed by atoms with van der Waals surface area (Å²) < 4.78 is 24.7. The van der Waals surface area contributed by atoms with Gasteiger partial charge in [0.2, 0.25) is 0 Å². The minimum atomic E-state index is -0.565. The lowest BCUT2D eigenvalue weighted by atomic mass is 10.1. The Labute approximate surface area is 193 Å². The van der Waals surface area contributed by atoms with Gasteiger partial charge in [0.15, 0.2) is 6.10 Å². The Morgan fingerprint density at radius 1 is 0.848 bits per heavy atom. The lowest BCUT2D eigenvalue weighted by molar-refractivity contribution is -0.128. The number of amides is 1. The van der Waals surface area contributed by atoms with Gasteiger partial charge in [0, 0.05) is 6.54 Å². The van der Waals surface area contributed by atoms with E-state index in [0.29, 0.717) is 31.1 Å². The van der Waals surface area contributed by atoms with Gasteiger partial charge in [0.25, 0.3) is 5.91 Å². The molecule has 1 amide bonds. The van der Waals surface area contributed by atoms with Gasteiger partial charge >= 0.3 is 0 Å². The van der Waals surface area contributed by atoms with Crippen LogP contribution < -0.4 is 14.8 Å². The second kappa shape index (κ2) is 10.6. The molecule has 5 heteroatoms. The van der Waals surface area contributed by atoms with Crippen LogP contribution in [0.1, 0.15) is 24.5 Å². The van der Waals surface area contributed by atoms with E-state index in [1.54, 1.807) is 12.1 Å². The predicted octanol–water partition coefficient (Wildman–Crippen LogP) is 6.03. The highest BCUT2D eigenvalue weighted by molar-refractivity contribution is 5.84. The highest BCUT2D eigenvalue weighted by atomic mass is 19.1. The first kappa shape index (κ1) is 22.3. The molecule has 0 heterocycles. The molecule has 0 bridgehead atoms. The largest absolute Gasteiger partial charge is 0.489 e. The van der Waals surface area contributed by atoms with Crippen LogP contribution in [-0.4, -0.2) is 12.0 Å². The lowest BCUT2D eigenvalue weighted by Gasteiger charge is -2.18. The molecule has 4 aromatic rings. The summed E-state index contributed by atoms with van der Waals surface area (Å²) in [6, 6.07) is 27.6. The van der Waals surface area contributed by atoms with Crippen LogP contribution in [0, 0.1) is 5.82 Å². The smallest absolute Gasteiger partial charge is 0.261 e. The minimum absolute atomic E-state index is 0.151. The Bertz CT molecular complexity index is 1210. The highest BCUT2D eigenvalue weighted by Gasteiger charge is 2.18. The molecule has 4 nitrogen and oxygen atoms in total. The van der Waals surface area contributed by atoms with Gasteiger partial charge in [-0.3, -0.25) is 4.79 Å². The summed E-state index contributed by atoms with van der Waals surface area (Å²) in [5, 5.41) is 5.16. The third-order valence-electron chi connectivity index (χ3n) is 5.37. The van der Waals surface area contributed by atoms with Gasteiger partial charge < -0.3 is 14.8 Å². The van der Waals surface area contributed by atoms with E-state index in [4.69, 9.17) is 9.47 Å². The summed E-state index contributed by atoms with van der Waals surface area (Å²) in [5.41, 5.74) is 1.85. The van der Waals surface area contributed by atoms with Crippen molar-refractivity contribution in [2.45, 2.75) is 32.6 Å². The normalized spacial score (nSPS) is 11.7. The third-order valence-corrected chi connectivity index (χ3v) is 5.37. The van der Waals surface area contributed by atoms with Crippen LogP contribution in [-0.2, 0) is 17.9 Å². The average molecular weight is 444 g/mol. The standard InChI is InChI=1S/C28H26FNO3/c1-2-27(33-26-16-11-22-5-3-4-6-23(22)17-26)28(31)30-18-20-9-14-25(15-10-20)32-19-21-7-12-24(29)13-8-21/h3-17,27H,2,18-19H2,1H3,(H,30,31)/t27-/m0/s1. The zero-order chi connectivity index (χ0) is 23.0. The van der Waals surface area contributed by atoms with Crippen molar-refractivity contribution >= 4 is 16.7 Å². The first-order valence-corrected chi connectivity index (χ1v) is 11.0. The summed E-state index contributed by atoms with van der Waals surface area (Å²) in [4.78, 5) is 12.7. The Balaban J connectivity index is 1.28. The van der Waals surface area contributed by atoms with Crippen LogP contribution in [0.4, 0.5) is 4.39 Å². The van der Waals surface area contributed by atoms with Gasteiger partial charge in [-0.15, -0.1) is 0 Å². The summed E-state index contributed by atoms with van der Waals surface area (Å²) in [7, 11) is 0. The van der Waals surface area contributed by atoms with Crippen molar-refractivity contribution in [3.63, 3.8) is 0 Å². The molecular weight excluding hydrogens is 417 g/mol. The highest BCUT2D eigenvalue weighted by Crippen LogP contribution is 2.22. The monoisotopic (exact) mass is 443 g/mol. The molecule has 0 aliphatic heterocycles. The maximum atomic E-state index is 13.0. The zero-order valence-corrected chi connectivity index (χ0v) is 18.5. The summed E-state index contributed by atoms with van der Waals surface area (Å²) in [6.45, 7) is 2.69. The van der Waals surface area contributed by atoms with Crippen molar-refractivity contribution in [3.8, 4) is 11.5 Å². The van der Waals surface area contributed by atoms with Gasteiger partial charge in [-0.25, -0.2) is 4.39 Å². The zero-order valence-electron chi connectivity index (χ0n) is 18.5. The Kier molecular flexibility index (Phi) is 7.20. The van der Waals surface area contributed by atoms with E-state index in [0.717, 1.165) is 21.9 Å². The fraction of sp³-hybridized carbons (Fsp3) is 0.179. The minimum Gasteiger partial charge on any atom is -0.489 e. The van der Waals surface area contributed by atoms with E-state index in [1.165, 1.54) is 12.1 Å². The van der Waals surface area contributed by atoms with E-state index < -0.39 is 6.10 Å². The van der Waals surface area contributed by atoms with Gasteiger partial charge in [0.1, 0.15) is 23.9 Å². The molecule has 0 radical (unpaired) electrons. The fourth-order valence-corrected chi connectivity index (χ4v) is 3.48. The first-order chi connectivity index (χ1) is 16.1. The van der Waals surface area contributed by atoms with Crippen LogP contribution >= 0.6 is 0 Å². The SMILES string of the molecule is CC[C@H](Oc1ccc2ccccc2c1)C(=O)NCc1ccc(OCc2ccc(F)cc2)cc1. The van der Waals surface area contributed by atoms with Crippen molar-refractivity contribution in [3.05, 3.63) is 108 Å². The molecule has 4 rings (SSSR count). The fourth-order valence-electron chi connectivity index (χ4n) is 3.48. The molecule has 0 aliphatic rings. The van der Waals surface area contributed by atoms with Gasteiger partial charge in [-0.1, -0.05) is 61.5 Å². The molecule has 168 valence electrons. The number of halogens is 1. The molecule has 33 heavy (non-hydrogen) atoms. The Morgan fingerprint density at radius 3 is 2.24 bits per heavy atom. The number of ether oxygens (including phenoxy) is 2. The summed E-state index contributed by atoms with van der Waals surface area (Å²) in [5.74, 6) is 0.972. The molecule has 0 unspecified atom stereocenters. The first-order valence-electron chi connectivity index (χ1n) is 11.0. The van der Waals surface area contributed by atoms with Crippen molar-refractivity contribution in [1.82, 2.24) is 5.32 Å². The average Bonchev–Trinajstić information content (AvgIpc) is 2.86. The van der Waals surface area contributed by atoms with Crippen molar-refractivity contribution in [2.75, 3.05) is 0 Å². The van der Waals surface area contributed by atoms with Gasteiger partial charge in [-0.2, -0.15) is 0 Å². The van der Waals surface area contributed by atoms with Gasteiger partial charge in [-0.05, 0) is 64.7 Å². The van der Waals surface area contributed by atoms with Crippen molar-refractivity contribution in [2.24, 2.45) is 0 Å². The Hall–Kier alpha value is -3.86. The topological polar surface area (TPSA) is 47.6 Å². The van der Waals surface area contributed by atoms with E-state index >= 15 is 0 Å². The summed E-state index contributed by atoms with van der Waals surface area (Å²) in [6.07, 6.45) is -0.000989. The van der Waals surface area contributed by atoms with Crippen LogP contribution in [0.5, 0.6) is 11.5 Å². The van der Waals surface area contributed by atoms with Gasteiger partial charge in [0.05, 0.1) is 0 Å². The number of hydrogen-bond acceptors (Lipinski definition) is 3. The molecule has 0 aromatic heterocycles. The molecule has 0 aliphatic carbocycles. The van der Waals surface area contributed by atoms with Crippen molar-refractivity contribution in [1.29, 1.82) is 0 Å². The van der Waals surface area contributed by atoms with E-state index in [2.05, 4.69) is 5.32 Å². The molecule has 1 atom stereocenters. The summed E-state index contributed by atoms with van der Waals surface area (Å²) >= 11 is 0. The van der Waals surface area contributed by atoms with Crippen molar-refractivity contribution < 1.29 is 18.7 Å². The third kappa shape index (κ3) is 6.10. The van der Waals surface area contributed by atoms with Crippen LogP contribution in [0.25, 0.3) is 10.8 Å². The molecule has 0 saturated heterocycles. The lowest BCUT2D eigenvalue weighted by Crippen LogP contribution is -2.37. The van der Waals surface area contributed by atoms with Crippen LogP contribution in [0.15, 0.2) is 91.0 Å². The number of fused-ring (bicyclic) bond motifs is 1. The molecular formula is C28H26FNO3. The number of rotatable bonds is 9. The molecule has 1 N–H and O–H groups in total. The number of carbonyl (C=O) groups excluding carboxylic acids is 1. The number of benzene rings is 4. The van der Waals surface area contributed by atoms with Crippen LogP contribution in [0.3, 0.4) is 0 Å². The molecule has 4 aromatic carbocycles. The quantitative estimate of drug-likeness (QED) is 0.344. The van der Waals surface area contributed by atoms with E-state index in [-0.39, 0.29) is 11.7 Å². The van der Waals surface area contributed by atoms with Crippen LogP contribution in [0.2, 0.25) is 0 Å². The molecule has 0 saturated carbocycles. The maximum Gasteiger partial charge on any atom is 0.261 e. The molecule has 0 fully saturated rings. The van der Waals surface area contributed by atoms with E-state index in [1.807, 2.05) is 73.7 Å². The maximum absolute atomic E-state index is 13.0. The predicted molar refractivity (Wildman–Crippen MR) is 128 cm³/mol. The molecule has 0 spiro atoms. The second-order valence-corrected chi connectivity index (χ2v) is 7.80. The number of carbonyl (C=O) groups is 1. The second-order valence-electron chi connectivity index (χ2n) is 7.80.